The van der Waals surface area contributed by atoms with Crippen LogP contribution in [0.2, 0.25) is 0 Å². The van der Waals surface area contributed by atoms with E-state index in [1.807, 2.05) is 19.1 Å². The predicted molar refractivity (Wildman–Crippen MR) is 106 cm³/mol. The molecule has 0 atom stereocenters. The number of nitrogens with zero attached hydrogens (tertiary/aromatic N) is 2. The highest BCUT2D eigenvalue weighted by atomic mass is 79.9. The van der Waals surface area contributed by atoms with Gasteiger partial charge in [0, 0.05) is 4.47 Å². The molecule has 0 saturated heterocycles. The Morgan fingerprint density at radius 3 is 2.84 bits per heavy atom. The van der Waals surface area contributed by atoms with Gasteiger partial charge in [-0.2, -0.15) is 0 Å². The zero-order valence-electron chi connectivity index (χ0n) is 13.3. The van der Waals surface area contributed by atoms with Gasteiger partial charge in [-0.3, -0.25) is 10.1 Å². The van der Waals surface area contributed by atoms with Gasteiger partial charge in [-0.1, -0.05) is 11.3 Å². The Bertz CT molecular complexity index is 1120. The molecule has 0 aliphatic heterocycles. The van der Waals surface area contributed by atoms with Gasteiger partial charge in [0.05, 0.1) is 32.6 Å². The highest BCUT2D eigenvalue weighted by Crippen LogP contribution is 2.35. The summed E-state index contributed by atoms with van der Waals surface area (Å²) in [6, 6.07) is 9.25. The van der Waals surface area contributed by atoms with Crippen LogP contribution in [-0.2, 0) is 0 Å². The molecule has 0 aliphatic rings. The lowest BCUT2D eigenvalue weighted by Gasteiger charge is -2.06. The Hall–Kier alpha value is -2.03. The summed E-state index contributed by atoms with van der Waals surface area (Å²) in [6.07, 6.45) is 0. The van der Waals surface area contributed by atoms with Crippen LogP contribution in [0.25, 0.3) is 20.4 Å². The number of hydrogen-bond acceptors (Lipinski definition) is 6. The first-order chi connectivity index (χ1) is 12.0. The highest BCUT2D eigenvalue weighted by Gasteiger charge is 2.16. The van der Waals surface area contributed by atoms with Crippen molar-refractivity contribution in [1.82, 2.24) is 9.97 Å². The quantitative estimate of drug-likeness (QED) is 0.479. The summed E-state index contributed by atoms with van der Waals surface area (Å²) >= 11 is 6.49. The summed E-state index contributed by atoms with van der Waals surface area (Å²) in [4.78, 5) is 21.7. The molecule has 25 heavy (non-hydrogen) atoms. The zero-order valence-corrected chi connectivity index (χ0v) is 16.5. The van der Waals surface area contributed by atoms with E-state index in [0.717, 1.165) is 25.4 Å². The Kier molecular flexibility index (Phi) is 4.18. The molecule has 5 nitrogen and oxygen atoms in total. The molecular weight excluding hydrogens is 422 g/mol. The lowest BCUT2D eigenvalue weighted by Crippen LogP contribution is -2.12. The number of aryl methyl sites for hydroxylation is 1. The molecule has 2 aromatic heterocycles. The normalized spacial score (nSPS) is 11.2. The van der Waals surface area contributed by atoms with Crippen LogP contribution in [0.3, 0.4) is 0 Å². The molecular formula is C17H12BrN3O2S2. The van der Waals surface area contributed by atoms with Gasteiger partial charge in [0.25, 0.3) is 5.91 Å². The van der Waals surface area contributed by atoms with E-state index >= 15 is 0 Å². The van der Waals surface area contributed by atoms with E-state index in [2.05, 4.69) is 31.2 Å². The third-order valence-electron chi connectivity index (χ3n) is 3.66. The molecule has 8 heteroatoms. The van der Waals surface area contributed by atoms with Crippen molar-refractivity contribution in [1.29, 1.82) is 0 Å². The SMILES string of the molecule is COc1ccc(Br)c(C(=O)Nc2nc3ccc4sc(C)nc4c3s2)c1. The second-order valence-electron chi connectivity index (χ2n) is 5.31. The highest BCUT2D eigenvalue weighted by molar-refractivity contribution is 9.10. The summed E-state index contributed by atoms with van der Waals surface area (Å²) in [5.74, 6) is 0.382. The van der Waals surface area contributed by atoms with E-state index in [0.29, 0.717) is 20.9 Å². The van der Waals surface area contributed by atoms with Gasteiger partial charge in [-0.25, -0.2) is 9.97 Å². The number of halogens is 1. The van der Waals surface area contributed by atoms with Crippen molar-refractivity contribution in [2.45, 2.75) is 6.92 Å². The molecule has 0 unspecified atom stereocenters. The summed E-state index contributed by atoms with van der Waals surface area (Å²) in [6.45, 7) is 1.99. The van der Waals surface area contributed by atoms with E-state index in [-0.39, 0.29) is 5.91 Å². The first-order valence-corrected chi connectivity index (χ1v) is 9.79. The maximum Gasteiger partial charge on any atom is 0.258 e. The van der Waals surface area contributed by atoms with Gasteiger partial charge in [0.1, 0.15) is 11.3 Å². The number of thiazole rings is 2. The van der Waals surface area contributed by atoms with Crippen molar-refractivity contribution in [3.8, 4) is 5.75 Å². The second-order valence-corrected chi connectivity index (χ2v) is 8.40. The number of benzene rings is 2. The number of aromatic nitrogens is 2. The Morgan fingerprint density at radius 2 is 2.04 bits per heavy atom. The largest absolute Gasteiger partial charge is 0.497 e. The minimum absolute atomic E-state index is 0.240. The predicted octanol–water partition coefficient (Wildman–Crippen LogP) is 5.24. The van der Waals surface area contributed by atoms with E-state index in [9.17, 15) is 4.79 Å². The molecule has 0 aliphatic carbocycles. The molecule has 2 heterocycles. The number of methoxy groups -OCH3 is 1. The number of carbonyl (C=O) groups excluding carboxylic acids is 1. The number of ether oxygens (including phenoxy) is 1. The van der Waals surface area contributed by atoms with Crippen LogP contribution >= 0.6 is 38.6 Å². The number of nitrogens with one attached hydrogen (secondary N) is 1. The van der Waals surface area contributed by atoms with E-state index in [4.69, 9.17) is 4.74 Å². The minimum Gasteiger partial charge on any atom is -0.497 e. The molecule has 4 aromatic rings. The molecule has 0 saturated carbocycles. The smallest absolute Gasteiger partial charge is 0.258 e. The fourth-order valence-corrected chi connectivity index (χ4v) is 4.79. The maximum atomic E-state index is 12.6. The van der Waals surface area contributed by atoms with Gasteiger partial charge in [-0.15, -0.1) is 11.3 Å². The first kappa shape index (κ1) is 16.4. The van der Waals surface area contributed by atoms with Crippen molar-refractivity contribution >= 4 is 70.1 Å². The Morgan fingerprint density at radius 1 is 1.20 bits per heavy atom. The summed E-state index contributed by atoms with van der Waals surface area (Å²) in [5.41, 5.74) is 2.27. The molecule has 4 rings (SSSR count). The van der Waals surface area contributed by atoms with Crippen LogP contribution in [0.5, 0.6) is 5.75 Å². The molecule has 0 fully saturated rings. The topological polar surface area (TPSA) is 64.1 Å². The van der Waals surface area contributed by atoms with Crippen molar-refractivity contribution < 1.29 is 9.53 Å². The van der Waals surface area contributed by atoms with Gasteiger partial charge < -0.3 is 4.74 Å². The lowest BCUT2D eigenvalue weighted by molar-refractivity contribution is 0.102. The van der Waals surface area contributed by atoms with Gasteiger partial charge in [0.2, 0.25) is 0 Å². The summed E-state index contributed by atoms with van der Waals surface area (Å²) in [7, 11) is 1.57. The van der Waals surface area contributed by atoms with Gasteiger partial charge >= 0.3 is 0 Å². The van der Waals surface area contributed by atoms with Crippen LogP contribution in [0.15, 0.2) is 34.8 Å². The van der Waals surface area contributed by atoms with Gasteiger partial charge in [-0.05, 0) is 53.2 Å². The number of anilines is 1. The second kappa shape index (κ2) is 6.36. The van der Waals surface area contributed by atoms with E-state index in [1.54, 1.807) is 36.6 Å². The van der Waals surface area contributed by atoms with Crippen molar-refractivity contribution in [3.05, 3.63) is 45.4 Å². The fourth-order valence-electron chi connectivity index (χ4n) is 2.51. The lowest BCUT2D eigenvalue weighted by atomic mass is 10.2. The average Bonchev–Trinajstić information content (AvgIpc) is 3.16. The number of fused-ring (bicyclic) bond motifs is 3. The number of carbonyl (C=O) groups is 1. The number of amides is 1. The van der Waals surface area contributed by atoms with Crippen molar-refractivity contribution in [3.63, 3.8) is 0 Å². The van der Waals surface area contributed by atoms with Crippen LogP contribution in [-0.4, -0.2) is 23.0 Å². The molecule has 0 radical (unpaired) electrons. The van der Waals surface area contributed by atoms with Crippen LogP contribution in [0, 0.1) is 6.92 Å². The van der Waals surface area contributed by atoms with Crippen LogP contribution < -0.4 is 10.1 Å². The third kappa shape index (κ3) is 3.01. The van der Waals surface area contributed by atoms with E-state index in [1.165, 1.54) is 11.3 Å². The molecule has 126 valence electrons. The Balaban J connectivity index is 1.71. The first-order valence-electron chi connectivity index (χ1n) is 7.37. The standard InChI is InChI=1S/C17H12BrN3O2S2/c1-8-19-14-13(24-8)6-5-12-15(14)25-17(20-12)21-16(22)10-7-9(23-2)3-4-11(10)18/h3-7H,1-2H3,(H,20,21,22). The molecule has 0 bridgehead atoms. The van der Waals surface area contributed by atoms with Crippen LogP contribution in [0.4, 0.5) is 5.13 Å². The molecule has 1 amide bonds. The summed E-state index contributed by atoms with van der Waals surface area (Å²) < 4.78 is 8.00. The number of rotatable bonds is 3. The number of hydrogen-bond donors (Lipinski definition) is 1. The van der Waals surface area contributed by atoms with Crippen molar-refractivity contribution in [2.75, 3.05) is 12.4 Å². The Labute approximate surface area is 159 Å². The molecule has 0 spiro atoms. The average molecular weight is 434 g/mol. The van der Waals surface area contributed by atoms with Crippen LogP contribution in [0.1, 0.15) is 15.4 Å². The monoisotopic (exact) mass is 433 g/mol. The third-order valence-corrected chi connectivity index (χ3v) is 6.28. The fraction of sp³-hybridized carbons (Fsp3) is 0.118. The summed E-state index contributed by atoms with van der Waals surface area (Å²) in [5, 5.41) is 4.43. The minimum atomic E-state index is -0.240. The zero-order chi connectivity index (χ0) is 17.6. The molecule has 1 N–H and O–H groups in total. The molecule has 2 aromatic carbocycles. The van der Waals surface area contributed by atoms with Crippen molar-refractivity contribution in [2.24, 2.45) is 0 Å². The van der Waals surface area contributed by atoms with Gasteiger partial charge in [0.15, 0.2) is 5.13 Å². The maximum absolute atomic E-state index is 12.6. The van der Waals surface area contributed by atoms with E-state index < -0.39 is 0 Å².